The summed E-state index contributed by atoms with van der Waals surface area (Å²) in [5.41, 5.74) is 0.0197. The molecule has 0 aliphatic rings. The molecule has 0 radical (unpaired) electrons. The number of carbonyl (C=O) groups excluding carboxylic acids is 4. The maximum Gasteiger partial charge on any atom is 0.325 e. The molecule has 0 saturated heterocycles. The van der Waals surface area contributed by atoms with Gasteiger partial charge >= 0.3 is 5.97 Å². The van der Waals surface area contributed by atoms with Gasteiger partial charge in [0.05, 0.1) is 11.4 Å². The highest BCUT2D eigenvalue weighted by Gasteiger charge is 2.13. The molecule has 0 unspecified atom stereocenters. The zero-order chi connectivity index (χ0) is 21.4. The first-order valence-corrected chi connectivity index (χ1v) is 9.08. The van der Waals surface area contributed by atoms with Gasteiger partial charge in [0.25, 0.3) is 11.8 Å². The summed E-state index contributed by atoms with van der Waals surface area (Å²) in [7, 11) is 0. The number of halogens is 2. The maximum absolute atomic E-state index is 13.1. The highest BCUT2D eigenvalue weighted by atomic mass is 32.1. The number of anilines is 1. The number of nitrogens with one attached hydrogen (secondary N) is 3. The van der Waals surface area contributed by atoms with Crippen LogP contribution in [0, 0.1) is 18.6 Å². The summed E-state index contributed by atoms with van der Waals surface area (Å²) in [6.07, 6.45) is 0. The van der Waals surface area contributed by atoms with Crippen LogP contribution in [-0.4, -0.2) is 43.4 Å². The first-order chi connectivity index (χ1) is 13.7. The van der Waals surface area contributed by atoms with E-state index in [9.17, 15) is 28.0 Å². The fourth-order valence-corrected chi connectivity index (χ4v) is 2.79. The quantitative estimate of drug-likeness (QED) is 0.553. The Bertz CT molecular complexity index is 932. The average Bonchev–Trinajstić information content (AvgIpc) is 3.12. The van der Waals surface area contributed by atoms with Gasteiger partial charge < -0.3 is 20.7 Å². The minimum Gasteiger partial charge on any atom is -0.454 e. The monoisotopic (exact) mass is 425 g/mol. The normalized spacial score (nSPS) is 10.2. The van der Waals surface area contributed by atoms with E-state index < -0.39 is 55.0 Å². The number of hydrogen-bond donors (Lipinski definition) is 3. The van der Waals surface area contributed by atoms with Crippen LogP contribution in [0.1, 0.15) is 14.5 Å². The number of esters is 1. The molecule has 0 saturated carbocycles. The third-order valence-corrected chi connectivity index (χ3v) is 4.37. The first-order valence-electron chi connectivity index (χ1n) is 8.26. The summed E-state index contributed by atoms with van der Waals surface area (Å²) < 4.78 is 30.6. The standard InChI is InChI=1S/C18H17F2N3O5S/c1-10-2-5-14(29-10)18(27)22-8-17(26)28-9-16(25)21-7-15(24)23-11-3-4-12(19)13(20)6-11/h2-6H,7-9H2,1H3,(H,21,25)(H,22,27)(H,23,24). The molecule has 0 bridgehead atoms. The number of carbonyl (C=O) groups is 4. The summed E-state index contributed by atoms with van der Waals surface area (Å²) >= 11 is 1.27. The predicted molar refractivity (Wildman–Crippen MR) is 100 cm³/mol. The van der Waals surface area contributed by atoms with Crippen LogP contribution in [-0.2, 0) is 19.1 Å². The van der Waals surface area contributed by atoms with Gasteiger partial charge in [-0.3, -0.25) is 19.2 Å². The van der Waals surface area contributed by atoms with Crippen molar-refractivity contribution in [3.63, 3.8) is 0 Å². The Morgan fingerprint density at radius 1 is 0.966 bits per heavy atom. The average molecular weight is 425 g/mol. The number of ether oxygens (including phenoxy) is 1. The van der Waals surface area contributed by atoms with Crippen LogP contribution >= 0.6 is 11.3 Å². The van der Waals surface area contributed by atoms with E-state index >= 15 is 0 Å². The number of aryl methyl sites for hydroxylation is 1. The van der Waals surface area contributed by atoms with Crippen LogP contribution < -0.4 is 16.0 Å². The molecule has 0 aliphatic heterocycles. The molecular formula is C18H17F2N3O5S. The van der Waals surface area contributed by atoms with Gasteiger partial charge in [-0.1, -0.05) is 0 Å². The van der Waals surface area contributed by atoms with Gasteiger partial charge in [0, 0.05) is 16.6 Å². The van der Waals surface area contributed by atoms with E-state index in [0.717, 1.165) is 23.1 Å². The second-order valence-electron chi connectivity index (χ2n) is 5.71. The van der Waals surface area contributed by atoms with Crippen molar-refractivity contribution in [1.82, 2.24) is 10.6 Å². The molecule has 2 aromatic rings. The van der Waals surface area contributed by atoms with Gasteiger partial charge in [0.2, 0.25) is 5.91 Å². The van der Waals surface area contributed by atoms with Crippen LogP contribution in [0.5, 0.6) is 0 Å². The van der Waals surface area contributed by atoms with E-state index in [4.69, 9.17) is 0 Å². The summed E-state index contributed by atoms with van der Waals surface area (Å²) in [6, 6.07) is 6.19. The van der Waals surface area contributed by atoms with Crippen molar-refractivity contribution >= 4 is 40.7 Å². The van der Waals surface area contributed by atoms with Crippen molar-refractivity contribution in [2.24, 2.45) is 0 Å². The van der Waals surface area contributed by atoms with Crippen molar-refractivity contribution in [3.05, 3.63) is 51.7 Å². The van der Waals surface area contributed by atoms with Crippen molar-refractivity contribution in [2.75, 3.05) is 25.0 Å². The topological polar surface area (TPSA) is 114 Å². The Hall–Kier alpha value is -3.34. The third kappa shape index (κ3) is 7.30. The molecule has 0 spiro atoms. The summed E-state index contributed by atoms with van der Waals surface area (Å²) in [6.45, 7) is 0.307. The second-order valence-corrected chi connectivity index (χ2v) is 7.00. The van der Waals surface area contributed by atoms with E-state index in [1.807, 2.05) is 6.92 Å². The number of hydrogen-bond acceptors (Lipinski definition) is 6. The Labute approximate surface area is 168 Å². The maximum atomic E-state index is 13.1. The van der Waals surface area contributed by atoms with E-state index in [0.29, 0.717) is 4.88 Å². The van der Waals surface area contributed by atoms with Crippen LogP contribution in [0.4, 0.5) is 14.5 Å². The predicted octanol–water partition coefficient (Wildman–Crippen LogP) is 1.36. The summed E-state index contributed by atoms with van der Waals surface area (Å²) in [5.74, 6) is -4.88. The molecule has 8 nitrogen and oxygen atoms in total. The molecule has 11 heteroatoms. The fraction of sp³-hybridized carbons (Fsp3) is 0.222. The third-order valence-electron chi connectivity index (χ3n) is 3.37. The molecule has 3 N–H and O–H groups in total. The largest absolute Gasteiger partial charge is 0.454 e. The van der Waals surface area contributed by atoms with E-state index in [-0.39, 0.29) is 5.69 Å². The molecular weight excluding hydrogens is 408 g/mol. The summed E-state index contributed by atoms with van der Waals surface area (Å²) in [4.78, 5) is 48.0. The Balaban J connectivity index is 1.64. The molecule has 3 amide bonds. The van der Waals surface area contributed by atoms with E-state index in [2.05, 4.69) is 20.7 Å². The number of thiophene rings is 1. The van der Waals surface area contributed by atoms with Crippen molar-refractivity contribution in [3.8, 4) is 0 Å². The van der Waals surface area contributed by atoms with Crippen LogP contribution in [0.15, 0.2) is 30.3 Å². The lowest BCUT2D eigenvalue weighted by atomic mass is 10.3. The highest BCUT2D eigenvalue weighted by molar-refractivity contribution is 7.13. The second kappa shape index (κ2) is 10.3. The molecule has 154 valence electrons. The Morgan fingerprint density at radius 2 is 1.72 bits per heavy atom. The van der Waals surface area contributed by atoms with Crippen LogP contribution in [0.3, 0.4) is 0 Å². The van der Waals surface area contributed by atoms with Gasteiger partial charge in [-0.2, -0.15) is 0 Å². The first kappa shape index (κ1) is 22.0. The van der Waals surface area contributed by atoms with Crippen molar-refractivity contribution < 1.29 is 32.7 Å². The molecule has 0 atom stereocenters. The number of amides is 3. The molecule has 0 fully saturated rings. The smallest absolute Gasteiger partial charge is 0.325 e. The molecule has 29 heavy (non-hydrogen) atoms. The molecule has 2 rings (SSSR count). The van der Waals surface area contributed by atoms with Crippen molar-refractivity contribution in [1.29, 1.82) is 0 Å². The fourth-order valence-electron chi connectivity index (χ4n) is 2.00. The van der Waals surface area contributed by atoms with Gasteiger partial charge in [-0.25, -0.2) is 8.78 Å². The zero-order valence-electron chi connectivity index (χ0n) is 15.2. The molecule has 1 heterocycles. The summed E-state index contributed by atoms with van der Waals surface area (Å²) in [5, 5.41) is 6.83. The van der Waals surface area contributed by atoms with Gasteiger partial charge in [0.1, 0.15) is 6.54 Å². The molecule has 0 aliphatic carbocycles. The van der Waals surface area contributed by atoms with Gasteiger partial charge in [0.15, 0.2) is 18.2 Å². The van der Waals surface area contributed by atoms with E-state index in [1.54, 1.807) is 12.1 Å². The van der Waals surface area contributed by atoms with E-state index in [1.165, 1.54) is 11.3 Å². The minimum atomic E-state index is -1.12. The van der Waals surface area contributed by atoms with Crippen LogP contribution in [0.25, 0.3) is 0 Å². The lowest BCUT2D eigenvalue weighted by Crippen LogP contribution is -2.37. The Kier molecular flexibility index (Phi) is 7.78. The highest BCUT2D eigenvalue weighted by Crippen LogP contribution is 2.14. The zero-order valence-corrected chi connectivity index (χ0v) is 16.0. The SMILES string of the molecule is Cc1ccc(C(=O)NCC(=O)OCC(=O)NCC(=O)Nc2ccc(F)c(F)c2)s1. The Morgan fingerprint density at radius 3 is 2.38 bits per heavy atom. The van der Waals surface area contributed by atoms with Crippen molar-refractivity contribution in [2.45, 2.75) is 6.92 Å². The lowest BCUT2D eigenvalue weighted by Gasteiger charge is -2.08. The van der Waals surface area contributed by atoms with Crippen LogP contribution in [0.2, 0.25) is 0 Å². The van der Waals surface area contributed by atoms with Gasteiger partial charge in [-0.15, -0.1) is 11.3 Å². The molecule has 1 aromatic carbocycles. The number of benzene rings is 1. The molecule has 1 aromatic heterocycles. The van der Waals surface area contributed by atoms with Gasteiger partial charge in [-0.05, 0) is 31.2 Å². The number of rotatable bonds is 8. The minimum absolute atomic E-state index is 0.0197. The lowest BCUT2D eigenvalue weighted by molar-refractivity contribution is -0.147.